The maximum absolute atomic E-state index is 10.5. The van der Waals surface area contributed by atoms with Gasteiger partial charge in [-0.05, 0) is 29.9 Å². The highest BCUT2D eigenvalue weighted by atomic mass is 16.3. The molecule has 0 aliphatic heterocycles. The highest BCUT2D eigenvalue weighted by molar-refractivity contribution is 5.27. The van der Waals surface area contributed by atoms with Crippen molar-refractivity contribution in [3.8, 4) is 0 Å². The van der Waals surface area contributed by atoms with Gasteiger partial charge in [-0.25, -0.2) is 0 Å². The Hall–Kier alpha value is -0.860. The molecule has 2 nitrogen and oxygen atoms in total. The van der Waals surface area contributed by atoms with E-state index in [-0.39, 0.29) is 0 Å². The molecule has 1 aromatic carbocycles. The molecule has 0 bridgehead atoms. The Labute approximate surface area is 118 Å². The van der Waals surface area contributed by atoms with Gasteiger partial charge in [0.1, 0.15) is 0 Å². The second-order valence-corrected chi connectivity index (χ2v) is 6.38. The van der Waals surface area contributed by atoms with E-state index < -0.39 is 6.10 Å². The Kier molecular flexibility index (Phi) is 6.53. The van der Waals surface area contributed by atoms with Gasteiger partial charge in [-0.15, -0.1) is 0 Å². The van der Waals surface area contributed by atoms with Gasteiger partial charge in [0.25, 0.3) is 0 Å². The summed E-state index contributed by atoms with van der Waals surface area (Å²) in [6.07, 6.45) is -0.390. The van der Waals surface area contributed by atoms with Gasteiger partial charge in [-0.2, -0.15) is 0 Å². The van der Waals surface area contributed by atoms with Crippen LogP contribution in [0.1, 0.15) is 44.9 Å². The summed E-state index contributed by atoms with van der Waals surface area (Å²) < 4.78 is 0. The van der Waals surface area contributed by atoms with Crippen molar-refractivity contribution in [3.63, 3.8) is 0 Å². The first-order chi connectivity index (χ1) is 8.90. The topological polar surface area (TPSA) is 23.5 Å². The number of aliphatic hydroxyl groups is 1. The lowest BCUT2D eigenvalue weighted by Crippen LogP contribution is -2.35. The fourth-order valence-corrected chi connectivity index (χ4v) is 2.56. The minimum absolute atomic E-state index is 0.390. The molecule has 1 atom stereocenters. The molecule has 0 aliphatic carbocycles. The molecule has 2 heteroatoms. The van der Waals surface area contributed by atoms with Crippen molar-refractivity contribution < 1.29 is 5.11 Å². The second-order valence-electron chi connectivity index (χ2n) is 6.38. The number of aryl methyl sites for hydroxylation is 1. The minimum atomic E-state index is -0.390. The molecule has 1 aromatic rings. The summed E-state index contributed by atoms with van der Waals surface area (Å²) in [5.74, 6) is 1.26. The molecule has 19 heavy (non-hydrogen) atoms. The van der Waals surface area contributed by atoms with Gasteiger partial charge in [0.15, 0.2) is 0 Å². The first kappa shape index (κ1) is 16.2. The van der Waals surface area contributed by atoms with E-state index >= 15 is 0 Å². The summed E-state index contributed by atoms with van der Waals surface area (Å²) in [4.78, 5) is 2.38. The molecule has 0 amide bonds. The molecule has 108 valence electrons. The van der Waals surface area contributed by atoms with Gasteiger partial charge in [0.05, 0.1) is 6.10 Å². The van der Waals surface area contributed by atoms with Crippen LogP contribution in [-0.2, 0) is 0 Å². The summed E-state index contributed by atoms with van der Waals surface area (Å²) in [5.41, 5.74) is 2.23. The van der Waals surface area contributed by atoms with Crippen molar-refractivity contribution in [1.29, 1.82) is 0 Å². The van der Waals surface area contributed by atoms with Crippen molar-refractivity contribution in [2.24, 2.45) is 11.8 Å². The maximum atomic E-state index is 10.5. The van der Waals surface area contributed by atoms with Gasteiger partial charge in [0, 0.05) is 19.6 Å². The van der Waals surface area contributed by atoms with E-state index in [2.05, 4.69) is 45.6 Å². The number of nitrogens with zero attached hydrogens (tertiary/aromatic N) is 1. The molecule has 0 aliphatic rings. The average Bonchev–Trinajstić information content (AvgIpc) is 2.27. The van der Waals surface area contributed by atoms with Crippen molar-refractivity contribution in [2.45, 2.75) is 40.7 Å². The predicted molar refractivity (Wildman–Crippen MR) is 82.3 cm³/mol. The lowest BCUT2D eigenvalue weighted by atomic mass is 10.0. The van der Waals surface area contributed by atoms with Crippen LogP contribution in [0.3, 0.4) is 0 Å². The van der Waals surface area contributed by atoms with Gasteiger partial charge in [-0.1, -0.05) is 52.0 Å². The minimum Gasteiger partial charge on any atom is -0.387 e. The molecule has 0 radical (unpaired) electrons. The molecule has 1 unspecified atom stereocenters. The monoisotopic (exact) mass is 263 g/mol. The molecule has 0 spiro atoms. The third kappa shape index (κ3) is 5.75. The predicted octanol–water partition coefficient (Wildman–Crippen LogP) is 3.64. The second kappa shape index (κ2) is 7.66. The van der Waals surface area contributed by atoms with E-state index in [0.717, 1.165) is 25.2 Å². The van der Waals surface area contributed by atoms with Crippen LogP contribution in [0, 0.1) is 18.8 Å². The highest BCUT2D eigenvalue weighted by Gasteiger charge is 2.16. The number of hydrogen-bond acceptors (Lipinski definition) is 2. The molecule has 0 aromatic heterocycles. The third-order valence-corrected chi connectivity index (χ3v) is 3.23. The maximum Gasteiger partial charge on any atom is 0.0919 e. The summed E-state index contributed by atoms with van der Waals surface area (Å²) in [6, 6.07) is 8.11. The zero-order chi connectivity index (χ0) is 14.4. The summed E-state index contributed by atoms with van der Waals surface area (Å²) in [6.45, 7) is 13.8. The van der Waals surface area contributed by atoms with Gasteiger partial charge in [-0.3, -0.25) is 4.90 Å². The summed E-state index contributed by atoms with van der Waals surface area (Å²) >= 11 is 0. The number of benzene rings is 1. The molecule has 0 saturated heterocycles. The fourth-order valence-electron chi connectivity index (χ4n) is 2.56. The zero-order valence-electron chi connectivity index (χ0n) is 13.1. The number of aliphatic hydroxyl groups excluding tert-OH is 1. The third-order valence-electron chi connectivity index (χ3n) is 3.23. The van der Waals surface area contributed by atoms with E-state index in [1.54, 1.807) is 0 Å². The van der Waals surface area contributed by atoms with Crippen LogP contribution < -0.4 is 0 Å². The zero-order valence-corrected chi connectivity index (χ0v) is 13.1. The fraction of sp³-hybridized carbons (Fsp3) is 0.647. The van der Waals surface area contributed by atoms with Crippen molar-refractivity contribution >= 4 is 0 Å². The SMILES string of the molecule is Cc1ccccc1C(O)CN(CC(C)C)CC(C)C. The van der Waals surface area contributed by atoms with Crippen LogP contribution in [0.2, 0.25) is 0 Å². The smallest absolute Gasteiger partial charge is 0.0919 e. The van der Waals surface area contributed by atoms with Crippen molar-refractivity contribution in [3.05, 3.63) is 35.4 Å². The van der Waals surface area contributed by atoms with E-state index in [9.17, 15) is 5.11 Å². The molecular formula is C17H29NO. The van der Waals surface area contributed by atoms with Gasteiger partial charge in [0.2, 0.25) is 0 Å². The molecular weight excluding hydrogens is 234 g/mol. The largest absolute Gasteiger partial charge is 0.387 e. The average molecular weight is 263 g/mol. The summed E-state index contributed by atoms with van der Waals surface area (Å²) in [7, 11) is 0. The van der Waals surface area contributed by atoms with Crippen LogP contribution in [0.25, 0.3) is 0 Å². The van der Waals surface area contributed by atoms with E-state index in [0.29, 0.717) is 11.8 Å². The Balaban J connectivity index is 2.70. The summed E-state index contributed by atoms with van der Waals surface area (Å²) in [5, 5.41) is 10.5. The molecule has 1 rings (SSSR count). The first-order valence-electron chi connectivity index (χ1n) is 7.36. The van der Waals surface area contributed by atoms with Crippen molar-refractivity contribution in [1.82, 2.24) is 4.90 Å². The highest BCUT2D eigenvalue weighted by Crippen LogP contribution is 2.19. The van der Waals surface area contributed by atoms with Crippen LogP contribution in [-0.4, -0.2) is 29.6 Å². The van der Waals surface area contributed by atoms with Crippen LogP contribution in [0.4, 0.5) is 0 Å². The van der Waals surface area contributed by atoms with Crippen LogP contribution in [0.5, 0.6) is 0 Å². The Morgan fingerprint density at radius 2 is 1.47 bits per heavy atom. The molecule has 1 N–H and O–H groups in total. The van der Waals surface area contributed by atoms with Gasteiger partial charge >= 0.3 is 0 Å². The lowest BCUT2D eigenvalue weighted by molar-refractivity contribution is 0.0983. The molecule has 0 saturated carbocycles. The first-order valence-corrected chi connectivity index (χ1v) is 7.36. The quantitative estimate of drug-likeness (QED) is 0.812. The Morgan fingerprint density at radius 1 is 0.947 bits per heavy atom. The van der Waals surface area contributed by atoms with Crippen LogP contribution in [0.15, 0.2) is 24.3 Å². The molecule has 0 heterocycles. The van der Waals surface area contributed by atoms with Crippen molar-refractivity contribution in [2.75, 3.05) is 19.6 Å². The molecule has 0 fully saturated rings. The Bertz CT molecular complexity index is 363. The Morgan fingerprint density at radius 3 is 1.95 bits per heavy atom. The normalized spacial score (nSPS) is 13.5. The van der Waals surface area contributed by atoms with Gasteiger partial charge < -0.3 is 5.11 Å². The standard InChI is InChI=1S/C17H29NO/c1-13(2)10-18(11-14(3)4)12-17(19)16-9-7-6-8-15(16)5/h6-9,13-14,17,19H,10-12H2,1-5H3. The van der Waals surface area contributed by atoms with E-state index in [4.69, 9.17) is 0 Å². The van der Waals surface area contributed by atoms with E-state index in [1.165, 1.54) is 5.56 Å². The number of rotatable bonds is 7. The number of hydrogen-bond donors (Lipinski definition) is 1. The van der Waals surface area contributed by atoms with E-state index in [1.807, 2.05) is 18.2 Å². The van der Waals surface area contributed by atoms with Crippen LogP contribution >= 0.6 is 0 Å². The lowest BCUT2D eigenvalue weighted by Gasteiger charge is -2.28.